The van der Waals surface area contributed by atoms with E-state index in [-0.39, 0.29) is 30.8 Å². The van der Waals surface area contributed by atoms with Gasteiger partial charge in [-0.05, 0) is 23.1 Å². The van der Waals surface area contributed by atoms with Crippen LogP contribution < -0.4 is 14.4 Å². The smallest absolute Gasteiger partial charge is 0.274 e. The number of nitrogens with one attached hydrogen (secondary N) is 1. The van der Waals surface area contributed by atoms with E-state index in [0.717, 1.165) is 27.2 Å². The first kappa shape index (κ1) is 21.4. The van der Waals surface area contributed by atoms with Gasteiger partial charge in [0.15, 0.2) is 11.5 Å². The SMILES string of the molecule is COc1cc2[nH]c(C(=O)N3C[C@@H](CCl)c4c3cc(O)c3ccccc43)cc2cc1OCCO. The number of aromatic nitrogens is 1. The summed E-state index contributed by atoms with van der Waals surface area (Å²) in [5.74, 6) is 1.22. The Balaban J connectivity index is 1.57. The van der Waals surface area contributed by atoms with Crippen LogP contribution in [0.25, 0.3) is 21.7 Å². The molecular weight excluding hydrogens is 444 g/mol. The topological polar surface area (TPSA) is 95.0 Å². The number of anilines is 1. The van der Waals surface area contributed by atoms with Gasteiger partial charge in [0.2, 0.25) is 0 Å². The fourth-order valence-corrected chi connectivity index (χ4v) is 4.83. The third-order valence-electron chi connectivity index (χ3n) is 6.06. The molecule has 1 aliphatic rings. The number of carbonyl (C=O) groups excluding carboxylic acids is 1. The van der Waals surface area contributed by atoms with Gasteiger partial charge in [-0.3, -0.25) is 4.79 Å². The first-order chi connectivity index (χ1) is 16.0. The molecule has 1 aliphatic heterocycles. The summed E-state index contributed by atoms with van der Waals surface area (Å²) >= 11 is 6.29. The quantitative estimate of drug-likeness (QED) is 0.366. The number of fused-ring (bicyclic) bond motifs is 4. The van der Waals surface area contributed by atoms with E-state index >= 15 is 0 Å². The molecule has 170 valence electrons. The second-order valence-corrected chi connectivity index (χ2v) is 8.30. The van der Waals surface area contributed by atoms with Gasteiger partial charge in [-0.2, -0.15) is 0 Å². The fourth-order valence-electron chi connectivity index (χ4n) is 4.57. The number of aliphatic hydroxyl groups is 1. The van der Waals surface area contributed by atoms with E-state index in [4.69, 9.17) is 26.2 Å². The lowest BCUT2D eigenvalue weighted by Gasteiger charge is -2.17. The van der Waals surface area contributed by atoms with Gasteiger partial charge in [-0.25, -0.2) is 0 Å². The molecule has 0 bridgehead atoms. The number of ether oxygens (including phenoxy) is 2. The first-order valence-electron chi connectivity index (χ1n) is 10.6. The molecule has 0 unspecified atom stereocenters. The number of carbonyl (C=O) groups is 1. The Labute approximate surface area is 195 Å². The van der Waals surface area contributed by atoms with Crippen molar-refractivity contribution >= 4 is 44.9 Å². The molecule has 1 atom stereocenters. The van der Waals surface area contributed by atoms with Crippen LogP contribution in [0, 0.1) is 0 Å². The molecule has 3 aromatic carbocycles. The Morgan fingerprint density at radius 2 is 1.97 bits per heavy atom. The van der Waals surface area contributed by atoms with Crippen molar-refractivity contribution in [3.63, 3.8) is 0 Å². The standard InChI is InChI=1S/C25H23ClN2O5/c1-32-22-10-18-14(9-23(22)33-7-6-29)8-19(27-18)25(31)28-13-15(12-26)24-17-5-3-2-4-16(17)21(30)11-20(24)28/h2-5,8-11,15,27,29-30H,6-7,12-13H2,1H3/t15-/m1/s1. The maximum Gasteiger partial charge on any atom is 0.274 e. The number of amides is 1. The summed E-state index contributed by atoms with van der Waals surface area (Å²) in [7, 11) is 1.53. The molecule has 33 heavy (non-hydrogen) atoms. The van der Waals surface area contributed by atoms with Gasteiger partial charge in [0, 0.05) is 46.8 Å². The molecule has 0 aliphatic carbocycles. The Bertz CT molecular complexity index is 1370. The lowest BCUT2D eigenvalue weighted by Crippen LogP contribution is -2.30. The average molecular weight is 467 g/mol. The van der Waals surface area contributed by atoms with Gasteiger partial charge >= 0.3 is 0 Å². The number of hydrogen-bond donors (Lipinski definition) is 3. The summed E-state index contributed by atoms with van der Waals surface area (Å²) in [4.78, 5) is 18.4. The number of hydrogen-bond acceptors (Lipinski definition) is 5. The van der Waals surface area contributed by atoms with E-state index < -0.39 is 0 Å². The van der Waals surface area contributed by atoms with Gasteiger partial charge in [-0.1, -0.05) is 24.3 Å². The first-order valence-corrected chi connectivity index (χ1v) is 11.2. The molecule has 0 radical (unpaired) electrons. The highest BCUT2D eigenvalue weighted by atomic mass is 35.5. The second-order valence-electron chi connectivity index (χ2n) is 7.99. The molecule has 1 aromatic heterocycles. The number of aromatic hydroxyl groups is 1. The van der Waals surface area contributed by atoms with Crippen molar-refractivity contribution in [1.29, 1.82) is 0 Å². The van der Waals surface area contributed by atoms with Crippen molar-refractivity contribution in [3.05, 3.63) is 59.8 Å². The minimum Gasteiger partial charge on any atom is -0.507 e. The zero-order chi connectivity index (χ0) is 23.1. The molecular formula is C25H23ClN2O5. The van der Waals surface area contributed by atoms with E-state index in [9.17, 15) is 9.90 Å². The number of H-pyrrole nitrogens is 1. The normalized spacial score (nSPS) is 15.2. The van der Waals surface area contributed by atoms with Crippen molar-refractivity contribution in [2.24, 2.45) is 0 Å². The van der Waals surface area contributed by atoms with Crippen molar-refractivity contribution in [1.82, 2.24) is 4.98 Å². The number of aromatic amines is 1. The zero-order valence-electron chi connectivity index (χ0n) is 18.0. The molecule has 3 N–H and O–H groups in total. The Hall–Kier alpha value is -3.42. The van der Waals surface area contributed by atoms with Gasteiger partial charge in [0.1, 0.15) is 18.1 Å². The summed E-state index contributed by atoms with van der Waals surface area (Å²) in [6.45, 7) is 0.449. The Morgan fingerprint density at radius 3 is 2.70 bits per heavy atom. The molecule has 2 heterocycles. The molecule has 1 amide bonds. The predicted molar refractivity (Wildman–Crippen MR) is 128 cm³/mol. The van der Waals surface area contributed by atoms with Gasteiger partial charge in [0.25, 0.3) is 5.91 Å². The van der Waals surface area contributed by atoms with Crippen molar-refractivity contribution in [2.45, 2.75) is 5.92 Å². The summed E-state index contributed by atoms with van der Waals surface area (Å²) in [5, 5.41) is 22.1. The van der Waals surface area contributed by atoms with E-state index in [1.165, 1.54) is 7.11 Å². The van der Waals surface area contributed by atoms with Crippen molar-refractivity contribution in [3.8, 4) is 17.2 Å². The second kappa shape index (κ2) is 8.50. The summed E-state index contributed by atoms with van der Waals surface area (Å²) in [5.41, 5.74) is 2.77. The minimum absolute atomic E-state index is 0.0425. The van der Waals surface area contributed by atoms with Crippen LogP contribution in [0.2, 0.25) is 0 Å². The van der Waals surface area contributed by atoms with Crippen molar-refractivity contribution < 1.29 is 24.5 Å². The van der Waals surface area contributed by atoms with Gasteiger partial charge in [-0.15, -0.1) is 11.6 Å². The molecule has 0 saturated heterocycles. The van der Waals surface area contributed by atoms with Crippen LogP contribution in [0.15, 0.2) is 48.5 Å². The van der Waals surface area contributed by atoms with Crippen LogP contribution >= 0.6 is 11.6 Å². The highest BCUT2D eigenvalue weighted by Gasteiger charge is 2.35. The molecule has 5 rings (SSSR count). The molecule has 4 aromatic rings. The van der Waals surface area contributed by atoms with Crippen LogP contribution in [-0.4, -0.2) is 53.9 Å². The minimum atomic E-state index is -0.216. The molecule has 0 spiro atoms. The van der Waals surface area contributed by atoms with E-state index in [1.807, 2.05) is 24.3 Å². The van der Waals surface area contributed by atoms with Gasteiger partial charge < -0.3 is 29.6 Å². The number of methoxy groups -OCH3 is 1. The zero-order valence-corrected chi connectivity index (χ0v) is 18.7. The monoisotopic (exact) mass is 466 g/mol. The van der Waals surface area contributed by atoms with Crippen molar-refractivity contribution in [2.75, 3.05) is 37.6 Å². The maximum absolute atomic E-state index is 13.6. The highest BCUT2D eigenvalue weighted by molar-refractivity contribution is 6.19. The number of benzene rings is 3. The fraction of sp³-hybridized carbons (Fsp3) is 0.240. The maximum atomic E-state index is 13.6. The number of halogens is 1. The highest BCUT2D eigenvalue weighted by Crippen LogP contribution is 2.45. The lowest BCUT2D eigenvalue weighted by molar-refractivity contribution is 0.0984. The molecule has 8 heteroatoms. The summed E-state index contributed by atoms with van der Waals surface area (Å²) in [6.07, 6.45) is 0. The van der Waals surface area contributed by atoms with E-state index in [2.05, 4.69) is 4.98 Å². The van der Waals surface area contributed by atoms with Crippen LogP contribution in [0.4, 0.5) is 5.69 Å². The number of rotatable bonds is 6. The Kier molecular flexibility index (Phi) is 5.52. The summed E-state index contributed by atoms with van der Waals surface area (Å²) < 4.78 is 10.9. The van der Waals surface area contributed by atoms with Crippen LogP contribution in [0.5, 0.6) is 17.2 Å². The van der Waals surface area contributed by atoms with E-state index in [1.54, 1.807) is 29.2 Å². The number of nitrogens with zero attached hydrogens (tertiary/aromatic N) is 1. The molecule has 0 saturated carbocycles. The summed E-state index contributed by atoms with van der Waals surface area (Å²) in [6, 6.07) is 14.5. The number of phenols is 1. The molecule has 0 fully saturated rings. The van der Waals surface area contributed by atoms with Crippen LogP contribution in [0.3, 0.4) is 0 Å². The van der Waals surface area contributed by atoms with Crippen LogP contribution in [-0.2, 0) is 0 Å². The van der Waals surface area contributed by atoms with Crippen LogP contribution in [0.1, 0.15) is 22.0 Å². The van der Waals surface area contributed by atoms with Gasteiger partial charge in [0.05, 0.1) is 19.4 Å². The predicted octanol–water partition coefficient (Wildman–Crippen LogP) is 4.39. The third-order valence-corrected chi connectivity index (χ3v) is 6.43. The average Bonchev–Trinajstić information content (AvgIpc) is 3.42. The lowest BCUT2D eigenvalue weighted by atomic mass is 9.95. The Morgan fingerprint density at radius 1 is 1.18 bits per heavy atom. The number of phenolic OH excluding ortho intramolecular Hbond substituents is 1. The third kappa shape index (κ3) is 3.53. The number of alkyl halides is 1. The molecule has 7 nitrogen and oxygen atoms in total. The largest absolute Gasteiger partial charge is 0.507 e. The van der Waals surface area contributed by atoms with E-state index in [0.29, 0.717) is 35.3 Å². The number of aliphatic hydroxyl groups excluding tert-OH is 1.